The zero-order valence-corrected chi connectivity index (χ0v) is 15.6. The lowest BCUT2D eigenvalue weighted by atomic mass is 10.1. The molecule has 0 spiro atoms. The monoisotopic (exact) mass is 379 g/mol. The van der Waals surface area contributed by atoms with Crippen molar-refractivity contribution in [2.24, 2.45) is 0 Å². The van der Waals surface area contributed by atoms with Crippen LogP contribution in [-0.4, -0.2) is 35.8 Å². The number of ether oxygens (including phenoxy) is 2. The molecular weight excluding hydrogens is 358 g/mol. The standard InChI is InChI=1S/C21H21N3O4/c1-27-9-7-24-13-22-18-5-4-16(12-17(18)21(24)26)23-20(25)11-14-2-3-15-6-8-28-19(15)10-14/h2-5,10,12-13H,6-9,11H2,1H3,(H,23,25). The molecule has 1 aliphatic rings. The summed E-state index contributed by atoms with van der Waals surface area (Å²) in [6, 6.07) is 11.0. The second-order valence-corrected chi connectivity index (χ2v) is 6.73. The van der Waals surface area contributed by atoms with Gasteiger partial charge in [0.2, 0.25) is 5.91 Å². The third-order valence-electron chi connectivity index (χ3n) is 4.77. The number of nitrogens with zero attached hydrogens (tertiary/aromatic N) is 2. The Hall–Kier alpha value is -3.19. The van der Waals surface area contributed by atoms with Crippen molar-refractivity contribution in [3.63, 3.8) is 0 Å². The van der Waals surface area contributed by atoms with Crippen molar-refractivity contribution in [1.29, 1.82) is 0 Å². The van der Waals surface area contributed by atoms with Gasteiger partial charge in [0.15, 0.2) is 0 Å². The van der Waals surface area contributed by atoms with Crippen LogP contribution in [-0.2, 0) is 28.9 Å². The van der Waals surface area contributed by atoms with Crippen molar-refractivity contribution >= 4 is 22.5 Å². The molecule has 144 valence electrons. The number of carbonyl (C=O) groups is 1. The number of hydrogen-bond acceptors (Lipinski definition) is 5. The maximum atomic E-state index is 12.6. The molecule has 0 radical (unpaired) electrons. The summed E-state index contributed by atoms with van der Waals surface area (Å²) in [5, 5.41) is 3.32. The Bertz CT molecular complexity index is 1090. The van der Waals surface area contributed by atoms with Crippen LogP contribution >= 0.6 is 0 Å². The van der Waals surface area contributed by atoms with Gasteiger partial charge in [0.05, 0.1) is 43.4 Å². The number of amides is 1. The van der Waals surface area contributed by atoms with Gasteiger partial charge in [-0.1, -0.05) is 12.1 Å². The molecule has 0 saturated carbocycles. The fraction of sp³-hybridized carbons (Fsp3) is 0.286. The fourth-order valence-corrected chi connectivity index (χ4v) is 3.30. The summed E-state index contributed by atoms with van der Waals surface area (Å²) in [7, 11) is 1.58. The molecular formula is C21H21N3O4. The predicted molar refractivity (Wildman–Crippen MR) is 106 cm³/mol. The molecule has 1 aliphatic heterocycles. The summed E-state index contributed by atoms with van der Waals surface area (Å²) in [5.41, 5.74) is 3.07. The Morgan fingerprint density at radius 1 is 1.29 bits per heavy atom. The van der Waals surface area contributed by atoms with Gasteiger partial charge in [-0.3, -0.25) is 14.2 Å². The van der Waals surface area contributed by atoms with E-state index in [-0.39, 0.29) is 17.9 Å². The number of fused-ring (bicyclic) bond motifs is 2. The van der Waals surface area contributed by atoms with Gasteiger partial charge in [-0.15, -0.1) is 0 Å². The van der Waals surface area contributed by atoms with E-state index in [4.69, 9.17) is 9.47 Å². The zero-order chi connectivity index (χ0) is 19.5. The Balaban J connectivity index is 1.51. The maximum absolute atomic E-state index is 12.6. The van der Waals surface area contributed by atoms with Crippen LogP contribution in [0.1, 0.15) is 11.1 Å². The predicted octanol–water partition coefficient (Wildman–Crippen LogP) is 2.16. The highest BCUT2D eigenvalue weighted by Gasteiger charge is 2.14. The van der Waals surface area contributed by atoms with Crippen LogP contribution in [0, 0.1) is 0 Å². The van der Waals surface area contributed by atoms with Gasteiger partial charge >= 0.3 is 0 Å². The van der Waals surface area contributed by atoms with Crippen LogP contribution in [0.25, 0.3) is 10.9 Å². The smallest absolute Gasteiger partial charge is 0.261 e. The van der Waals surface area contributed by atoms with Gasteiger partial charge in [-0.05, 0) is 35.4 Å². The molecule has 28 heavy (non-hydrogen) atoms. The minimum Gasteiger partial charge on any atom is -0.493 e. The quantitative estimate of drug-likeness (QED) is 0.710. The van der Waals surface area contributed by atoms with Crippen LogP contribution in [0.15, 0.2) is 47.5 Å². The van der Waals surface area contributed by atoms with E-state index in [9.17, 15) is 9.59 Å². The Labute approximate surface area is 161 Å². The third-order valence-corrected chi connectivity index (χ3v) is 4.77. The van der Waals surface area contributed by atoms with Crippen molar-refractivity contribution < 1.29 is 14.3 Å². The van der Waals surface area contributed by atoms with Crippen LogP contribution in [0.3, 0.4) is 0 Å². The lowest BCUT2D eigenvalue weighted by Gasteiger charge is -2.09. The van der Waals surface area contributed by atoms with Gasteiger partial charge in [0.25, 0.3) is 5.56 Å². The molecule has 0 saturated heterocycles. The van der Waals surface area contributed by atoms with Crippen LogP contribution in [0.2, 0.25) is 0 Å². The van der Waals surface area contributed by atoms with Crippen molar-refractivity contribution in [2.75, 3.05) is 25.6 Å². The summed E-state index contributed by atoms with van der Waals surface area (Å²) >= 11 is 0. The molecule has 0 fully saturated rings. The van der Waals surface area contributed by atoms with E-state index < -0.39 is 0 Å². The first-order valence-electron chi connectivity index (χ1n) is 9.16. The number of anilines is 1. The summed E-state index contributed by atoms with van der Waals surface area (Å²) in [5.74, 6) is 0.708. The van der Waals surface area contributed by atoms with Gasteiger partial charge in [0, 0.05) is 19.2 Å². The Kier molecular flexibility index (Phi) is 5.08. The minimum atomic E-state index is -0.158. The van der Waals surface area contributed by atoms with Crippen molar-refractivity contribution in [2.45, 2.75) is 19.4 Å². The van der Waals surface area contributed by atoms with Crippen molar-refractivity contribution in [1.82, 2.24) is 9.55 Å². The first-order valence-corrected chi connectivity index (χ1v) is 9.16. The molecule has 1 aromatic heterocycles. The number of methoxy groups -OCH3 is 1. The SMILES string of the molecule is COCCn1cnc2ccc(NC(=O)Cc3ccc4c(c3)OCC4)cc2c1=O. The van der Waals surface area contributed by atoms with Gasteiger partial charge < -0.3 is 14.8 Å². The van der Waals surface area contributed by atoms with E-state index in [1.165, 1.54) is 16.5 Å². The Morgan fingerprint density at radius 3 is 3.04 bits per heavy atom. The molecule has 2 aromatic carbocycles. The summed E-state index contributed by atoms with van der Waals surface area (Å²) < 4.78 is 12.1. The number of carbonyl (C=O) groups excluding carboxylic acids is 1. The number of nitrogens with one attached hydrogen (secondary N) is 1. The molecule has 7 heteroatoms. The van der Waals surface area contributed by atoms with Crippen molar-refractivity contribution in [3.05, 3.63) is 64.2 Å². The molecule has 1 amide bonds. The average Bonchev–Trinajstić information content (AvgIpc) is 3.15. The third kappa shape index (κ3) is 3.75. The molecule has 0 aliphatic carbocycles. The van der Waals surface area contributed by atoms with E-state index in [1.54, 1.807) is 25.3 Å². The highest BCUT2D eigenvalue weighted by atomic mass is 16.5. The second kappa shape index (κ2) is 7.82. The number of aromatic nitrogens is 2. The highest BCUT2D eigenvalue weighted by molar-refractivity contribution is 5.94. The molecule has 3 aromatic rings. The summed E-state index contributed by atoms with van der Waals surface area (Å²) in [6.07, 6.45) is 2.66. The normalized spacial score (nSPS) is 12.6. The van der Waals surface area contributed by atoms with E-state index in [0.717, 1.165) is 17.7 Å². The highest BCUT2D eigenvalue weighted by Crippen LogP contribution is 2.26. The van der Waals surface area contributed by atoms with Gasteiger partial charge in [0.1, 0.15) is 5.75 Å². The molecule has 2 heterocycles. The van der Waals surface area contributed by atoms with Gasteiger partial charge in [-0.25, -0.2) is 4.98 Å². The first kappa shape index (κ1) is 18.2. The molecule has 4 rings (SSSR count). The number of hydrogen-bond donors (Lipinski definition) is 1. The van der Waals surface area contributed by atoms with E-state index in [0.29, 0.717) is 36.3 Å². The average molecular weight is 379 g/mol. The topological polar surface area (TPSA) is 82.4 Å². The van der Waals surface area contributed by atoms with E-state index in [1.807, 2.05) is 18.2 Å². The largest absolute Gasteiger partial charge is 0.493 e. The zero-order valence-electron chi connectivity index (χ0n) is 15.6. The Morgan fingerprint density at radius 2 is 2.18 bits per heavy atom. The van der Waals surface area contributed by atoms with Crippen molar-refractivity contribution in [3.8, 4) is 5.75 Å². The van der Waals surface area contributed by atoms with Crippen LogP contribution in [0.4, 0.5) is 5.69 Å². The molecule has 0 bridgehead atoms. The summed E-state index contributed by atoms with van der Waals surface area (Å²) in [4.78, 5) is 29.4. The van der Waals surface area contributed by atoms with Gasteiger partial charge in [-0.2, -0.15) is 0 Å². The van der Waals surface area contributed by atoms with Crippen LogP contribution in [0.5, 0.6) is 5.75 Å². The van der Waals surface area contributed by atoms with E-state index >= 15 is 0 Å². The lowest BCUT2D eigenvalue weighted by Crippen LogP contribution is -2.23. The van der Waals surface area contributed by atoms with Crippen LogP contribution < -0.4 is 15.6 Å². The lowest BCUT2D eigenvalue weighted by molar-refractivity contribution is -0.115. The molecule has 0 atom stereocenters. The van der Waals surface area contributed by atoms with E-state index in [2.05, 4.69) is 10.3 Å². The number of benzene rings is 2. The minimum absolute atomic E-state index is 0.152. The summed E-state index contributed by atoms with van der Waals surface area (Å²) in [6.45, 7) is 1.54. The first-order chi connectivity index (χ1) is 13.6. The number of rotatable bonds is 6. The molecule has 1 N–H and O–H groups in total. The fourth-order valence-electron chi connectivity index (χ4n) is 3.30. The molecule has 7 nitrogen and oxygen atoms in total. The maximum Gasteiger partial charge on any atom is 0.261 e. The molecule has 0 unspecified atom stereocenters. The second-order valence-electron chi connectivity index (χ2n) is 6.73.